The molecule has 2 rings (SSSR count). The van der Waals surface area contributed by atoms with E-state index < -0.39 is 0 Å². The molecule has 0 aliphatic rings. The summed E-state index contributed by atoms with van der Waals surface area (Å²) in [6, 6.07) is 10.2. The number of hydrogen-bond acceptors (Lipinski definition) is 4. The number of rotatable bonds is 5. The molecule has 1 aromatic carbocycles. The molecule has 4 heteroatoms. The summed E-state index contributed by atoms with van der Waals surface area (Å²) in [4.78, 5) is 11.2. The summed E-state index contributed by atoms with van der Waals surface area (Å²) in [6.45, 7) is 5.13. The van der Waals surface area contributed by atoms with Crippen molar-refractivity contribution < 1.29 is 0 Å². The van der Waals surface area contributed by atoms with Crippen LogP contribution in [0.4, 0.5) is 11.8 Å². The molecule has 0 saturated heterocycles. The predicted octanol–water partition coefficient (Wildman–Crippen LogP) is 3.34. The van der Waals surface area contributed by atoms with Crippen LogP contribution in [0.3, 0.4) is 0 Å². The minimum absolute atomic E-state index is 0.730. The van der Waals surface area contributed by atoms with Crippen molar-refractivity contribution in [3.63, 3.8) is 0 Å². The fourth-order valence-electron chi connectivity index (χ4n) is 2.00. The Morgan fingerprint density at radius 1 is 1.10 bits per heavy atom. The van der Waals surface area contributed by atoms with Gasteiger partial charge in [-0.25, -0.2) is 4.98 Å². The van der Waals surface area contributed by atoms with Crippen LogP contribution in [0.2, 0.25) is 0 Å². The first-order chi connectivity index (χ1) is 9.63. The molecule has 0 saturated carbocycles. The summed E-state index contributed by atoms with van der Waals surface area (Å²) in [6.07, 6.45) is 1.07. The van der Waals surface area contributed by atoms with Crippen LogP contribution in [0.1, 0.15) is 18.9 Å². The fourth-order valence-corrected chi connectivity index (χ4v) is 2.00. The molecule has 0 aliphatic heterocycles. The minimum Gasteiger partial charge on any atom is -0.370 e. The van der Waals surface area contributed by atoms with Crippen molar-refractivity contribution in [2.75, 3.05) is 30.9 Å². The Kier molecular flexibility index (Phi) is 4.56. The van der Waals surface area contributed by atoms with E-state index in [1.54, 1.807) is 0 Å². The quantitative estimate of drug-likeness (QED) is 0.904. The first-order valence-corrected chi connectivity index (χ1v) is 6.98. The number of aromatic nitrogens is 2. The van der Waals surface area contributed by atoms with Gasteiger partial charge in [0, 0.05) is 31.8 Å². The number of hydrogen-bond donors (Lipinski definition) is 1. The smallest absolute Gasteiger partial charge is 0.227 e. The Balaban J connectivity index is 2.52. The van der Waals surface area contributed by atoms with Crippen molar-refractivity contribution >= 4 is 11.8 Å². The Labute approximate surface area is 120 Å². The molecule has 1 N–H and O–H groups in total. The van der Waals surface area contributed by atoms with Crippen LogP contribution >= 0.6 is 0 Å². The van der Waals surface area contributed by atoms with E-state index in [2.05, 4.69) is 41.3 Å². The molecule has 20 heavy (non-hydrogen) atoms. The van der Waals surface area contributed by atoms with Gasteiger partial charge in [0.05, 0.1) is 5.69 Å². The molecule has 0 unspecified atom stereocenters. The molecule has 4 nitrogen and oxygen atoms in total. The first kappa shape index (κ1) is 14.3. The lowest BCUT2D eigenvalue weighted by molar-refractivity contribution is 0.944. The van der Waals surface area contributed by atoms with E-state index in [9.17, 15) is 0 Å². The Morgan fingerprint density at radius 3 is 2.40 bits per heavy atom. The molecule has 0 radical (unpaired) electrons. The van der Waals surface area contributed by atoms with Gasteiger partial charge in [-0.15, -0.1) is 0 Å². The number of benzene rings is 1. The summed E-state index contributed by atoms with van der Waals surface area (Å²) in [5.74, 6) is 1.65. The molecule has 0 aliphatic carbocycles. The second kappa shape index (κ2) is 6.37. The normalized spacial score (nSPS) is 10.4. The van der Waals surface area contributed by atoms with Gasteiger partial charge in [0.25, 0.3) is 0 Å². The van der Waals surface area contributed by atoms with Crippen molar-refractivity contribution in [2.24, 2.45) is 0 Å². The zero-order valence-corrected chi connectivity index (χ0v) is 12.6. The van der Waals surface area contributed by atoms with Gasteiger partial charge in [0.1, 0.15) is 5.82 Å². The summed E-state index contributed by atoms with van der Waals surface area (Å²) in [5, 5.41) is 3.39. The van der Waals surface area contributed by atoms with E-state index in [0.717, 1.165) is 41.6 Å². The molecule has 0 bridgehead atoms. The lowest BCUT2D eigenvalue weighted by Crippen LogP contribution is -2.16. The molecule has 0 amide bonds. The molecular formula is C16H22N4. The van der Waals surface area contributed by atoms with E-state index in [1.165, 1.54) is 0 Å². The highest BCUT2D eigenvalue weighted by molar-refractivity contribution is 5.69. The van der Waals surface area contributed by atoms with E-state index in [-0.39, 0.29) is 0 Å². The van der Waals surface area contributed by atoms with Gasteiger partial charge >= 0.3 is 0 Å². The maximum Gasteiger partial charge on any atom is 0.227 e. The average molecular weight is 270 g/mol. The molecule has 0 spiro atoms. The van der Waals surface area contributed by atoms with Crippen molar-refractivity contribution in [3.8, 4) is 11.3 Å². The largest absolute Gasteiger partial charge is 0.370 e. The van der Waals surface area contributed by atoms with Crippen LogP contribution in [0.25, 0.3) is 11.3 Å². The van der Waals surface area contributed by atoms with Gasteiger partial charge in [-0.2, -0.15) is 4.98 Å². The molecule has 106 valence electrons. The van der Waals surface area contributed by atoms with Crippen LogP contribution in [0, 0.1) is 6.92 Å². The van der Waals surface area contributed by atoms with Crippen LogP contribution in [-0.2, 0) is 0 Å². The van der Waals surface area contributed by atoms with Gasteiger partial charge in [-0.05, 0) is 13.3 Å². The van der Waals surface area contributed by atoms with Crippen LogP contribution in [0.5, 0.6) is 0 Å². The van der Waals surface area contributed by atoms with Crippen molar-refractivity contribution in [2.45, 2.75) is 20.3 Å². The fraction of sp³-hybridized carbons (Fsp3) is 0.375. The van der Waals surface area contributed by atoms with E-state index in [4.69, 9.17) is 0 Å². The molecule has 1 heterocycles. The van der Waals surface area contributed by atoms with Gasteiger partial charge < -0.3 is 10.2 Å². The highest BCUT2D eigenvalue weighted by Gasteiger charge is 2.13. The maximum absolute atomic E-state index is 4.69. The Hall–Kier alpha value is -2.10. The average Bonchev–Trinajstić information content (AvgIpc) is 2.47. The molecule has 0 fully saturated rings. The molecule has 0 atom stereocenters. The highest BCUT2D eigenvalue weighted by Crippen LogP contribution is 2.27. The first-order valence-electron chi connectivity index (χ1n) is 6.98. The third kappa shape index (κ3) is 3.07. The predicted molar refractivity (Wildman–Crippen MR) is 85.3 cm³/mol. The zero-order chi connectivity index (χ0) is 14.5. The van der Waals surface area contributed by atoms with Gasteiger partial charge in [-0.1, -0.05) is 37.3 Å². The van der Waals surface area contributed by atoms with Crippen LogP contribution < -0.4 is 10.2 Å². The summed E-state index contributed by atoms with van der Waals surface area (Å²) < 4.78 is 0. The third-order valence-corrected chi connectivity index (χ3v) is 3.12. The SMILES string of the molecule is CCCNc1nc(N(C)C)nc(-c2ccccc2)c1C. The van der Waals surface area contributed by atoms with Crippen LogP contribution in [0.15, 0.2) is 30.3 Å². The third-order valence-electron chi connectivity index (χ3n) is 3.12. The monoisotopic (exact) mass is 270 g/mol. The van der Waals surface area contributed by atoms with Crippen molar-refractivity contribution in [1.29, 1.82) is 0 Å². The van der Waals surface area contributed by atoms with Crippen LogP contribution in [-0.4, -0.2) is 30.6 Å². The van der Waals surface area contributed by atoms with Gasteiger partial charge in [0.2, 0.25) is 5.95 Å². The number of nitrogens with one attached hydrogen (secondary N) is 1. The summed E-state index contributed by atoms with van der Waals surface area (Å²) >= 11 is 0. The lowest BCUT2D eigenvalue weighted by atomic mass is 10.1. The summed E-state index contributed by atoms with van der Waals surface area (Å²) in [7, 11) is 3.92. The Morgan fingerprint density at radius 2 is 1.80 bits per heavy atom. The maximum atomic E-state index is 4.69. The second-order valence-corrected chi connectivity index (χ2v) is 5.03. The number of nitrogens with zero attached hydrogens (tertiary/aromatic N) is 3. The zero-order valence-electron chi connectivity index (χ0n) is 12.6. The van der Waals surface area contributed by atoms with E-state index in [1.807, 2.05) is 37.2 Å². The highest BCUT2D eigenvalue weighted by atomic mass is 15.2. The van der Waals surface area contributed by atoms with Gasteiger partial charge in [-0.3, -0.25) is 0 Å². The molecule has 1 aromatic heterocycles. The van der Waals surface area contributed by atoms with E-state index >= 15 is 0 Å². The van der Waals surface area contributed by atoms with Gasteiger partial charge in [0.15, 0.2) is 0 Å². The summed E-state index contributed by atoms with van der Waals surface area (Å²) in [5.41, 5.74) is 3.20. The Bertz CT molecular complexity index is 564. The van der Waals surface area contributed by atoms with E-state index in [0.29, 0.717) is 0 Å². The standard InChI is InChI=1S/C16H22N4/c1-5-11-17-15-12(2)14(13-9-7-6-8-10-13)18-16(19-15)20(3)4/h6-10H,5,11H2,1-4H3,(H,17,18,19). The number of anilines is 2. The lowest BCUT2D eigenvalue weighted by Gasteiger charge is -2.17. The van der Waals surface area contributed by atoms with Crippen molar-refractivity contribution in [3.05, 3.63) is 35.9 Å². The molecular weight excluding hydrogens is 248 g/mol. The minimum atomic E-state index is 0.730. The second-order valence-electron chi connectivity index (χ2n) is 5.03. The topological polar surface area (TPSA) is 41.1 Å². The van der Waals surface area contributed by atoms with Crippen molar-refractivity contribution in [1.82, 2.24) is 9.97 Å². The molecule has 2 aromatic rings.